The summed E-state index contributed by atoms with van der Waals surface area (Å²) in [5, 5.41) is 0. The van der Waals surface area contributed by atoms with Crippen molar-refractivity contribution in [1.82, 2.24) is 0 Å². The van der Waals surface area contributed by atoms with Gasteiger partial charge in [0.05, 0.1) is 13.5 Å². The van der Waals surface area contributed by atoms with Crippen molar-refractivity contribution in [3.8, 4) is 0 Å². The van der Waals surface area contributed by atoms with Gasteiger partial charge in [0, 0.05) is 5.54 Å². The van der Waals surface area contributed by atoms with E-state index < -0.39 is 0 Å². The fourth-order valence-electron chi connectivity index (χ4n) is 11.9. The second-order valence-electron chi connectivity index (χ2n) is 15.1. The van der Waals surface area contributed by atoms with Crippen LogP contribution in [0.1, 0.15) is 111 Å². The Balaban J connectivity index is 1.28. The van der Waals surface area contributed by atoms with Crippen molar-refractivity contribution in [2.75, 3.05) is 7.11 Å². The molecule has 6 aliphatic carbocycles. The molecule has 0 amide bonds. The fraction of sp³-hybridized carbons (Fsp3) is 0.848. The van der Waals surface area contributed by atoms with Gasteiger partial charge in [-0.25, -0.2) is 0 Å². The Bertz CT molecular complexity index is 978. The van der Waals surface area contributed by atoms with Crippen molar-refractivity contribution in [1.29, 1.82) is 0 Å². The van der Waals surface area contributed by atoms with Gasteiger partial charge in [0.25, 0.3) is 0 Å². The molecule has 0 heterocycles. The van der Waals surface area contributed by atoms with Gasteiger partial charge in [-0.15, -0.1) is 0 Å². The minimum Gasteiger partial charge on any atom is -0.469 e. The lowest BCUT2D eigenvalue weighted by molar-refractivity contribution is -0.173. The molecule has 0 bridgehead atoms. The van der Waals surface area contributed by atoms with Gasteiger partial charge in [0.1, 0.15) is 0 Å². The van der Waals surface area contributed by atoms with Crippen LogP contribution in [0.3, 0.4) is 0 Å². The zero-order valence-electron chi connectivity index (χ0n) is 23.7. The van der Waals surface area contributed by atoms with Crippen molar-refractivity contribution in [2.45, 2.75) is 117 Å². The molecule has 6 aliphatic rings. The molecule has 6 rings (SSSR count). The minimum absolute atomic E-state index is 0.0729. The number of allylic oxidation sites excluding steroid dienone is 4. The van der Waals surface area contributed by atoms with Gasteiger partial charge in [0.15, 0.2) is 0 Å². The van der Waals surface area contributed by atoms with Crippen molar-refractivity contribution in [3.63, 3.8) is 0 Å². The second-order valence-corrected chi connectivity index (χ2v) is 15.1. The lowest BCUT2D eigenvalue weighted by atomic mass is 9.37. The maximum absolute atomic E-state index is 11.9. The summed E-state index contributed by atoms with van der Waals surface area (Å²) in [6.07, 6.45) is 21.4. The molecular weight excluding hydrogens is 442 g/mol. The number of fused-ring (bicyclic) bond motifs is 7. The average Bonchev–Trinajstić information content (AvgIpc) is 3.44. The standard InChI is InChI=1S/C33H51NO2/c1-30(2)24(22-9-8-21(19-22)20-29(35)36-5)12-16-32(4)27(30)14-17-31(3)25-13-18-33(34)15-6-7-26(33)23(25)10-11-28(31)32/h12,19,21,23,25-28H,6-11,13-18,20,34H2,1-5H3/t21?,23?,25?,26-,27?,28?,31?,32?,33?/m1/s1. The lowest BCUT2D eigenvalue weighted by Gasteiger charge is -2.68. The largest absolute Gasteiger partial charge is 0.469 e. The first kappa shape index (κ1) is 25.2. The van der Waals surface area contributed by atoms with E-state index >= 15 is 0 Å². The van der Waals surface area contributed by atoms with Crippen LogP contribution < -0.4 is 5.73 Å². The van der Waals surface area contributed by atoms with Crippen LogP contribution in [0, 0.1) is 51.8 Å². The third-order valence-electron chi connectivity index (χ3n) is 13.4. The Hall–Kier alpha value is -1.09. The average molecular weight is 494 g/mol. The van der Waals surface area contributed by atoms with Crippen molar-refractivity contribution >= 4 is 5.97 Å². The van der Waals surface area contributed by atoms with Crippen LogP contribution in [0.4, 0.5) is 0 Å². The summed E-state index contributed by atoms with van der Waals surface area (Å²) in [5.74, 6) is 4.41. The predicted octanol–water partition coefficient (Wildman–Crippen LogP) is 7.60. The Morgan fingerprint density at radius 2 is 1.75 bits per heavy atom. The van der Waals surface area contributed by atoms with Crippen LogP contribution in [0.25, 0.3) is 0 Å². The van der Waals surface area contributed by atoms with Crippen molar-refractivity contribution in [3.05, 3.63) is 23.3 Å². The van der Waals surface area contributed by atoms with Crippen LogP contribution >= 0.6 is 0 Å². The molecule has 4 saturated carbocycles. The summed E-state index contributed by atoms with van der Waals surface area (Å²) in [5.41, 5.74) is 11.4. The second kappa shape index (κ2) is 8.45. The normalized spacial score (nSPS) is 49.2. The highest BCUT2D eigenvalue weighted by molar-refractivity contribution is 5.70. The van der Waals surface area contributed by atoms with E-state index in [9.17, 15) is 4.79 Å². The number of hydrogen-bond acceptors (Lipinski definition) is 3. The third-order valence-corrected chi connectivity index (χ3v) is 13.4. The smallest absolute Gasteiger partial charge is 0.306 e. The van der Waals surface area contributed by atoms with Gasteiger partial charge < -0.3 is 10.5 Å². The number of carbonyl (C=O) groups is 1. The van der Waals surface area contributed by atoms with E-state index in [1.54, 1.807) is 5.57 Å². The molecule has 3 heteroatoms. The monoisotopic (exact) mass is 493 g/mol. The predicted molar refractivity (Wildman–Crippen MR) is 146 cm³/mol. The number of hydrogen-bond donors (Lipinski definition) is 1. The zero-order chi connectivity index (χ0) is 25.5. The Kier molecular flexibility index (Phi) is 5.92. The molecule has 0 aromatic rings. The molecule has 0 aromatic heterocycles. The summed E-state index contributed by atoms with van der Waals surface area (Å²) >= 11 is 0. The molecule has 0 aliphatic heterocycles. The highest BCUT2D eigenvalue weighted by Gasteiger charge is 2.65. The van der Waals surface area contributed by atoms with Gasteiger partial charge in [-0.1, -0.05) is 46.3 Å². The van der Waals surface area contributed by atoms with Crippen LogP contribution in [0.5, 0.6) is 0 Å². The maximum atomic E-state index is 11.9. The van der Waals surface area contributed by atoms with Crippen molar-refractivity contribution < 1.29 is 9.53 Å². The number of methoxy groups -OCH3 is 1. The maximum Gasteiger partial charge on any atom is 0.306 e. The molecule has 0 radical (unpaired) electrons. The van der Waals surface area contributed by atoms with E-state index in [4.69, 9.17) is 10.5 Å². The molecule has 2 N–H and O–H groups in total. The molecule has 36 heavy (non-hydrogen) atoms. The first-order valence-corrected chi connectivity index (χ1v) is 15.3. The van der Waals surface area contributed by atoms with E-state index in [1.807, 2.05) is 0 Å². The highest BCUT2D eigenvalue weighted by Crippen LogP contribution is 2.72. The SMILES string of the molecule is COC(=O)CC1C=C(C2=CCC3(C)C(CCC4(C)C5CCC6(N)CCC[C@@H]6C5CCC43)C2(C)C)CC1. The summed E-state index contributed by atoms with van der Waals surface area (Å²) < 4.78 is 4.95. The van der Waals surface area contributed by atoms with Crippen LogP contribution in [0.15, 0.2) is 23.3 Å². The molecule has 8 unspecified atom stereocenters. The Labute approximate surface area is 220 Å². The third kappa shape index (κ3) is 3.50. The van der Waals surface area contributed by atoms with Gasteiger partial charge in [0.2, 0.25) is 0 Å². The molecule has 3 nitrogen and oxygen atoms in total. The number of carbonyl (C=O) groups excluding carboxylic acids is 1. The van der Waals surface area contributed by atoms with E-state index in [0.29, 0.717) is 23.2 Å². The number of esters is 1. The molecular formula is C33H51NO2. The van der Waals surface area contributed by atoms with Crippen LogP contribution in [-0.4, -0.2) is 18.6 Å². The highest BCUT2D eigenvalue weighted by atomic mass is 16.5. The van der Waals surface area contributed by atoms with Gasteiger partial charge in [-0.3, -0.25) is 4.79 Å². The van der Waals surface area contributed by atoms with E-state index in [0.717, 1.165) is 42.4 Å². The van der Waals surface area contributed by atoms with Gasteiger partial charge in [-0.05, 0) is 134 Å². The molecule has 9 atom stereocenters. The zero-order valence-corrected chi connectivity index (χ0v) is 23.7. The van der Waals surface area contributed by atoms with E-state index in [-0.39, 0.29) is 16.9 Å². The van der Waals surface area contributed by atoms with E-state index in [1.165, 1.54) is 76.9 Å². The van der Waals surface area contributed by atoms with Crippen molar-refractivity contribution in [2.24, 2.45) is 57.5 Å². The van der Waals surface area contributed by atoms with Crippen LogP contribution in [-0.2, 0) is 9.53 Å². The van der Waals surface area contributed by atoms with Gasteiger partial charge in [-0.2, -0.15) is 0 Å². The van der Waals surface area contributed by atoms with E-state index in [2.05, 4.69) is 39.8 Å². The summed E-state index contributed by atoms with van der Waals surface area (Å²) in [7, 11) is 1.51. The lowest BCUT2D eigenvalue weighted by Crippen LogP contribution is -2.63. The Morgan fingerprint density at radius 1 is 0.944 bits per heavy atom. The minimum atomic E-state index is -0.0729. The number of ether oxygens (including phenoxy) is 1. The molecule has 0 spiro atoms. The molecule has 4 fully saturated rings. The first-order chi connectivity index (χ1) is 17.0. The first-order valence-electron chi connectivity index (χ1n) is 15.3. The molecule has 200 valence electrons. The van der Waals surface area contributed by atoms with Crippen LogP contribution in [0.2, 0.25) is 0 Å². The summed E-state index contributed by atoms with van der Waals surface area (Å²) in [4.78, 5) is 11.9. The topological polar surface area (TPSA) is 52.3 Å². The molecule has 0 aromatic carbocycles. The fourth-order valence-corrected chi connectivity index (χ4v) is 11.9. The van der Waals surface area contributed by atoms with Gasteiger partial charge >= 0.3 is 5.97 Å². The summed E-state index contributed by atoms with van der Waals surface area (Å²) in [6, 6.07) is 0. The summed E-state index contributed by atoms with van der Waals surface area (Å²) in [6.45, 7) is 10.5. The Morgan fingerprint density at radius 3 is 2.53 bits per heavy atom. The number of nitrogens with two attached hydrogens (primary N) is 1. The number of rotatable bonds is 3. The molecule has 0 saturated heterocycles. The quantitative estimate of drug-likeness (QED) is 0.412.